The first-order valence-corrected chi connectivity index (χ1v) is 8.44. The predicted octanol–water partition coefficient (Wildman–Crippen LogP) is 3.91. The summed E-state index contributed by atoms with van der Waals surface area (Å²) in [5.41, 5.74) is 3.88. The van der Waals surface area contributed by atoms with Crippen molar-refractivity contribution in [1.29, 1.82) is 0 Å². The lowest BCUT2D eigenvalue weighted by Gasteiger charge is -2.34. The number of nitrogens with zero attached hydrogens (tertiary/aromatic N) is 4. The molecule has 23 heavy (non-hydrogen) atoms. The molecule has 0 radical (unpaired) electrons. The highest BCUT2D eigenvalue weighted by Gasteiger charge is 2.28. The number of hydrogen-bond donors (Lipinski definition) is 0. The minimum atomic E-state index is 0.346. The number of hydrogen-bond acceptors (Lipinski definition) is 4. The summed E-state index contributed by atoms with van der Waals surface area (Å²) in [5, 5.41) is 0. The van der Waals surface area contributed by atoms with Gasteiger partial charge in [-0.3, -0.25) is 0 Å². The molecule has 0 aliphatic carbocycles. The molecule has 1 aromatic carbocycles. The summed E-state index contributed by atoms with van der Waals surface area (Å²) in [6.07, 6.45) is 9.40. The summed E-state index contributed by atoms with van der Waals surface area (Å²) in [6, 6.07) is 7.10. The first-order valence-electron chi connectivity index (χ1n) is 8.44. The van der Waals surface area contributed by atoms with E-state index in [-0.39, 0.29) is 0 Å². The molecule has 2 aliphatic heterocycles. The van der Waals surface area contributed by atoms with Crippen molar-refractivity contribution in [2.45, 2.75) is 53.0 Å². The zero-order valence-corrected chi connectivity index (χ0v) is 15.1. The quantitative estimate of drug-likeness (QED) is 0.839. The molecule has 3 rings (SSSR count). The molecule has 0 saturated carbocycles. The maximum atomic E-state index is 2.39. The molecule has 1 aromatic rings. The Morgan fingerprint density at radius 3 is 1.91 bits per heavy atom. The van der Waals surface area contributed by atoms with Crippen molar-refractivity contribution < 1.29 is 0 Å². The van der Waals surface area contributed by atoms with Crippen molar-refractivity contribution in [3.05, 3.63) is 48.6 Å². The molecule has 0 unspecified atom stereocenters. The smallest absolute Gasteiger partial charge is 0.103 e. The van der Waals surface area contributed by atoms with E-state index < -0.39 is 0 Å². The third kappa shape index (κ3) is 2.56. The van der Waals surface area contributed by atoms with Crippen LogP contribution in [0.3, 0.4) is 0 Å². The second kappa shape index (κ2) is 5.84. The molecule has 2 aliphatic rings. The molecule has 0 N–H and O–H groups in total. The maximum Gasteiger partial charge on any atom is 0.103 e. The van der Waals surface area contributed by atoms with Gasteiger partial charge in [0.15, 0.2) is 0 Å². The van der Waals surface area contributed by atoms with Crippen LogP contribution >= 0.6 is 0 Å². The molecule has 124 valence electrons. The Balaban J connectivity index is 1.93. The fourth-order valence-corrected chi connectivity index (χ4v) is 3.50. The lowest BCUT2D eigenvalue weighted by atomic mass is 10.1. The van der Waals surface area contributed by atoms with Gasteiger partial charge in [-0.15, -0.1) is 0 Å². The SMILES string of the molecule is Cc1c(N2C=CN(C)[C@H]2C)cccc1N1C=CN(C(C)C)[C@@H]1C. The van der Waals surface area contributed by atoms with Crippen LogP contribution in [0, 0.1) is 6.92 Å². The standard InChI is InChI=1S/C19H28N4/c1-14(2)21-12-13-23(17(21)5)19-9-7-8-18(15(19)3)22-11-10-20(6)16(22)4/h7-14,16-17H,1-6H3/t16-,17+/m1/s1. The second-order valence-corrected chi connectivity index (χ2v) is 6.80. The Morgan fingerprint density at radius 2 is 1.43 bits per heavy atom. The van der Waals surface area contributed by atoms with E-state index in [1.807, 2.05) is 0 Å². The lowest BCUT2D eigenvalue weighted by Crippen LogP contribution is -2.40. The molecule has 4 nitrogen and oxygen atoms in total. The Labute approximate surface area is 140 Å². The monoisotopic (exact) mass is 312 g/mol. The van der Waals surface area contributed by atoms with Gasteiger partial charge in [-0.2, -0.15) is 0 Å². The van der Waals surface area contributed by atoms with Crippen molar-refractivity contribution in [3.8, 4) is 0 Å². The van der Waals surface area contributed by atoms with Gasteiger partial charge in [0.25, 0.3) is 0 Å². The molecule has 4 heteroatoms. The van der Waals surface area contributed by atoms with Crippen LogP contribution in [0.5, 0.6) is 0 Å². The van der Waals surface area contributed by atoms with Crippen molar-refractivity contribution in [1.82, 2.24) is 9.80 Å². The van der Waals surface area contributed by atoms with Gasteiger partial charge in [-0.25, -0.2) is 0 Å². The van der Waals surface area contributed by atoms with Crippen LogP contribution in [0.2, 0.25) is 0 Å². The van der Waals surface area contributed by atoms with Gasteiger partial charge in [-0.05, 0) is 52.3 Å². The van der Waals surface area contributed by atoms with E-state index in [9.17, 15) is 0 Å². The Bertz CT molecular complexity index is 634. The van der Waals surface area contributed by atoms with E-state index in [1.165, 1.54) is 16.9 Å². The molecule has 0 bridgehead atoms. The Hall–Kier alpha value is -2.10. The topological polar surface area (TPSA) is 13.0 Å². The maximum absolute atomic E-state index is 2.39. The molecular formula is C19H28N4. The zero-order chi connectivity index (χ0) is 16.7. The van der Waals surface area contributed by atoms with Crippen LogP contribution in [0.1, 0.15) is 33.3 Å². The van der Waals surface area contributed by atoms with E-state index in [1.54, 1.807) is 0 Å². The van der Waals surface area contributed by atoms with Gasteiger partial charge in [0, 0.05) is 49.3 Å². The summed E-state index contributed by atoms with van der Waals surface area (Å²) in [4.78, 5) is 9.32. The molecule has 0 aromatic heterocycles. The van der Waals surface area contributed by atoms with Crippen LogP contribution in [0.15, 0.2) is 43.0 Å². The van der Waals surface area contributed by atoms with Gasteiger partial charge < -0.3 is 19.6 Å². The molecule has 0 spiro atoms. The zero-order valence-electron chi connectivity index (χ0n) is 15.1. The van der Waals surface area contributed by atoms with Gasteiger partial charge >= 0.3 is 0 Å². The lowest BCUT2D eigenvalue weighted by molar-refractivity contribution is 0.263. The van der Waals surface area contributed by atoms with Crippen molar-refractivity contribution in [2.24, 2.45) is 0 Å². The van der Waals surface area contributed by atoms with E-state index >= 15 is 0 Å². The van der Waals surface area contributed by atoms with Crippen molar-refractivity contribution in [2.75, 3.05) is 16.8 Å². The fourth-order valence-electron chi connectivity index (χ4n) is 3.50. The first-order chi connectivity index (χ1) is 10.9. The minimum absolute atomic E-state index is 0.346. The van der Waals surface area contributed by atoms with Gasteiger partial charge in [0.05, 0.1) is 0 Å². The van der Waals surface area contributed by atoms with E-state index in [2.05, 4.69) is 104 Å². The predicted molar refractivity (Wildman–Crippen MR) is 98.1 cm³/mol. The normalized spacial score (nSPS) is 23.8. The summed E-state index contributed by atoms with van der Waals surface area (Å²) in [6.45, 7) is 11.2. The molecule has 2 heterocycles. The fraction of sp³-hybridized carbons (Fsp3) is 0.474. The summed E-state index contributed by atoms with van der Waals surface area (Å²) < 4.78 is 0. The van der Waals surface area contributed by atoms with Gasteiger partial charge in [0.2, 0.25) is 0 Å². The molecular weight excluding hydrogens is 284 g/mol. The van der Waals surface area contributed by atoms with Crippen molar-refractivity contribution >= 4 is 11.4 Å². The summed E-state index contributed by atoms with van der Waals surface area (Å²) in [5.74, 6) is 0. The van der Waals surface area contributed by atoms with Gasteiger partial charge in [0.1, 0.15) is 12.3 Å². The second-order valence-electron chi connectivity index (χ2n) is 6.80. The largest absolute Gasteiger partial charge is 0.359 e. The highest BCUT2D eigenvalue weighted by Crippen LogP contribution is 2.35. The highest BCUT2D eigenvalue weighted by atomic mass is 15.4. The van der Waals surface area contributed by atoms with Crippen LogP contribution in [0.25, 0.3) is 0 Å². The van der Waals surface area contributed by atoms with E-state index in [0.717, 1.165) is 0 Å². The number of anilines is 2. The Morgan fingerprint density at radius 1 is 0.870 bits per heavy atom. The average molecular weight is 312 g/mol. The molecule has 0 amide bonds. The third-order valence-electron chi connectivity index (χ3n) is 5.12. The van der Waals surface area contributed by atoms with Crippen LogP contribution in [-0.2, 0) is 0 Å². The molecule has 0 saturated heterocycles. The van der Waals surface area contributed by atoms with E-state index in [0.29, 0.717) is 18.4 Å². The molecule has 2 atom stereocenters. The van der Waals surface area contributed by atoms with Crippen molar-refractivity contribution in [3.63, 3.8) is 0 Å². The summed E-state index contributed by atoms with van der Waals surface area (Å²) >= 11 is 0. The number of benzene rings is 1. The van der Waals surface area contributed by atoms with Crippen LogP contribution in [0.4, 0.5) is 11.4 Å². The third-order valence-corrected chi connectivity index (χ3v) is 5.12. The molecule has 0 fully saturated rings. The van der Waals surface area contributed by atoms with Gasteiger partial charge in [-0.1, -0.05) is 6.07 Å². The first kappa shape index (κ1) is 15.8. The minimum Gasteiger partial charge on any atom is -0.359 e. The van der Waals surface area contributed by atoms with Crippen LogP contribution in [-0.4, -0.2) is 35.2 Å². The Kier molecular flexibility index (Phi) is 4.00. The number of rotatable bonds is 3. The van der Waals surface area contributed by atoms with Crippen LogP contribution < -0.4 is 9.80 Å². The highest BCUT2D eigenvalue weighted by molar-refractivity contribution is 5.70. The average Bonchev–Trinajstić information content (AvgIpc) is 3.04. The summed E-state index contributed by atoms with van der Waals surface area (Å²) in [7, 11) is 2.12. The van der Waals surface area contributed by atoms with E-state index in [4.69, 9.17) is 0 Å².